The summed E-state index contributed by atoms with van der Waals surface area (Å²) < 4.78 is 11.8. The lowest BCUT2D eigenvalue weighted by atomic mass is 10.1. The number of hydrogen-bond acceptors (Lipinski definition) is 5. The molecule has 0 atom stereocenters. The van der Waals surface area contributed by atoms with Crippen LogP contribution in [0.4, 0.5) is 0 Å². The Balaban J connectivity index is 2.06. The standard InChI is InChI=1S/C22H25N3O4/c1-28-13-11-24(12-14-29-2)21(26)19-15-18-9-6-10-23-20(18)25(22(19)27)16-17-7-4-3-5-8-17/h3-10,15H,11-14,16H2,1-2H3. The largest absolute Gasteiger partial charge is 0.383 e. The van der Waals surface area contributed by atoms with Crippen molar-refractivity contribution in [3.05, 3.63) is 76.2 Å². The molecule has 0 aliphatic rings. The van der Waals surface area contributed by atoms with E-state index in [2.05, 4.69) is 4.98 Å². The van der Waals surface area contributed by atoms with Crippen molar-refractivity contribution in [1.82, 2.24) is 14.5 Å². The molecule has 2 aromatic heterocycles. The summed E-state index contributed by atoms with van der Waals surface area (Å²) in [6, 6.07) is 14.9. The minimum Gasteiger partial charge on any atom is -0.383 e. The lowest BCUT2D eigenvalue weighted by molar-refractivity contribution is 0.0625. The van der Waals surface area contributed by atoms with E-state index in [0.717, 1.165) is 10.9 Å². The maximum Gasteiger partial charge on any atom is 0.265 e. The van der Waals surface area contributed by atoms with Crippen LogP contribution < -0.4 is 5.56 Å². The third-order valence-electron chi connectivity index (χ3n) is 4.68. The van der Waals surface area contributed by atoms with Crippen molar-refractivity contribution in [3.8, 4) is 0 Å². The molecule has 152 valence electrons. The van der Waals surface area contributed by atoms with Gasteiger partial charge in [0.2, 0.25) is 0 Å². The molecule has 0 bridgehead atoms. The molecule has 0 saturated heterocycles. The Hall–Kier alpha value is -3.03. The van der Waals surface area contributed by atoms with E-state index < -0.39 is 0 Å². The van der Waals surface area contributed by atoms with Crippen molar-refractivity contribution >= 4 is 16.9 Å². The van der Waals surface area contributed by atoms with Gasteiger partial charge in [-0.2, -0.15) is 0 Å². The van der Waals surface area contributed by atoms with Crippen LogP contribution in [0, 0.1) is 0 Å². The first-order chi connectivity index (χ1) is 14.2. The number of benzene rings is 1. The molecule has 1 amide bonds. The summed E-state index contributed by atoms with van der Waals surface area (Å²) in [6.07, 6.45) is 1.65. The fraction of sp³-hybridized carbons (Fsp3) is 0.318. The van der Waals surface area contributed by atoms with Crippen LogP contribution in [0.1, 0.15) is 15.9 Å². The van der Waals surface area contributed by atoms with Gasteiger partial charge in [-0.05, 0) is 23.8 Å². The first kappa shape index (κ1) is 20.7. The van der Waals surface area contributed by atoms with E-state index in [-0.39, 0.29) is 17.0 Å². The number of nitrogens with zero attached hydrogens (tertiary/aromatic N) is 3. The molecule has 7 nitrogen and oxygen atoms in total. The zero-order valence-electron chi connectivity index (χ0n) is 16.7. The summed E-state index contributed by atoms with van der Waals surface area (Å²) in [5.41, 5.74) is 1.28. The minimum atomic E-state index is -0.357. The summed E-state index contributed by atoms with van der Waals surface area (Å²) >= 11 is 0. The van der Waals surface area contributed by atoms with E-state index >= 15 is 0 Å². The van der Waals surface area contributed by atoms with Gasteiger partial charge in [-0.3, -0.25) is 14.2 Å². The van der Waals surface area contributed by atoms with Crippen LogP contribution in [0.2, 0.25) is 0 Å². The van der Waals surface area contributed by atoms with Gasteiger partial charge in [0.1, 0.15) is 11.2 Å². The third kappa shape index (κ3) is 4.88. The third-order valence-corrected chi connectivity index (χ3v) is 4.68. The van der Waals surface area contributed by atoms with Crippen LogP contribution in [-0.4, -0.2) is 60.9 Å². The number of methoxy groups -OCH3 is 2. The summed E-state index contributed by atoms with van der Waals surface area (Å²) in [7, 11) is 3.15. The number of amides is 1. The van der Waals surface area contributed by atoms with Crippen LogP contribution >= 0.6 is 0 Å². The Morgan fingerprint density at radius 1 is 1.03 bits per heavy atom. The van der Waals surface area contributed by atoms with Crippen molar-refractivity contribution in [1.29, 1.82) is 0 Å². The average Bonchev–Trinajstić information content (AvgIpc) is 2.76. The van der Waals surface area contributed by atoms with Crippen LogP contribution in [-0.2, 0) is 16.0 Å². The zero-order chi connectivity index (χ0) is 20.6. The molecule has 0 aliphatic heterocycles. The molecule has 0 saturated carbocycles. The molecule has 0 radical (unpaired) electrons. The van der Waals surface area contributed by atoms with Crippen molar-refractivity contribution in [2.24, 2.45) is 0 Å². The number of rotatable bonds is 9. The summed E-state index contributed by atoms with van der Waals surface area (Å²) in [5.74, 6) is -0.336. The second-order valence-electron chi connectivity index (χ2n) is 6.63. The van der Waals surface area contributed by atoms with E-state index in [1.54, 1.807) is 42.0 Å². The molecule has 3 rings (SSSR count). The van der Waals surface area contributed by atoms with E-state index in [1.807, 2.05) is 36.4 Å². The monoisotopic (exact) mass is 395 g/mol. The van der Waals surface area contributed by atoms with Gasteiger partial charge < -0.3 is 14.4 Å². The first-order valence-corrected chi connectivity index (χ1v) is 9.45. The summed E-state index contributed by atoms with van der Waals surface area (Å²) in [5, 5.41) is 0.741. The molecule has 0 fully saturated rings. The SMILES string of the molecule is COCCN(CCOC)C(=O)c1cc2cccnc2n(Cc2ccccc2)c1=O. The number of hydrogen-bond donors (Lipinski definition) is 0. The second-order valence-corrected chi connectivity index (χ2v) is 6.63. The molecule has 0 N–H and O–H groups in total. The van der Waals surface area contributed by atoms with Crippen molar-refractivity contribution in [2.45, 2.75) is 6.54 Å². The number of carbonyl (C=O) groups is 1. The second kappa shape index (κ2) is 9.95. The van der Waals surface area contributed by atoms with Gasteiger partial charge in [-0.25, -0.2) is 4.98 Å². The van der Waals surface area contributed by atoms with Crippen LogP contribution in [0.25, 0.3) is 11.0 Å². The van der Waals surface area contributed by atoms with Gasteiger partial charge >= 0.3 is 0 Å². The molecule has 0 aliphatic carbocycles. The lowest BCUT2D eigenvalue weighted by Gasteiger charge is -2.22. The first-order valence-electron chi connectivity index (χ1n) is 9.45. The molecule has 1 aromatic carbocycles. The highest BCUT2D eigenvalue weighted by atomic mass is 16.5. The molecule has 7 heteroatoms. The molecule has 0 unspecified atom stereocenters. The molecule has 29 heavy (non-hydrogen) atoms. The van der Waals surface area contributed by atoms with Crippen LogP contribution in [0.3, 0.4) is 0 Å². The number of fused-ring (bicyclic) bond motifs is 1. The number of pyridine rings is 2. The van der Waals surface area contributed by atoms with E-state index in [4.69, 9.17) is 9.47 Å². The summed E-state index contributed by atoms with van der Waals surface area (Å²) in [4.78, 5) is 32.5. The Bertz CT molecular complexity index is 1010. The van der Waals surface area contributed by atoms with Gasteiger partial charge in [0.15, 0.2) is 0 Å². The smallest absolute Gasteiger partial charge is 0.265 e. The predicted molar refractivity (Wildman–Crippen MR) is 111 cm³/mol. The van der Waals surface area contributed by atoms with Crippen molar-refractivity contribution < 1.29 is 14.3 Å². The normalized spacial score (nSPS) is 11.0. The summed E-state index contributed by atoms with van der Waals surface area (Å²) in [6.45, 7) is 1.85. The van der Waals surface area contributed by atoms with Gasteiger partial charge in [0.25, 0.3) is 11.5 Å². The number of carbonyl (C=O) groups excluding carboxylic acids is 1. The maximum atomic E-state index is 13.3. The molecule has 3 aromatic rings. The maximum absolute atomic E-state index is 13.3. The topological polar surface area (TPSA) is 73.7 Å². The highest BCUT2D eigenvalue weighted by Crippen LogP contribution is 2.14. The van der Waals surface area contributed by atoms with Crippen LogP contribution in [0.15, 0.2) is 59.5 Å². The Morgan fingerprint density at radius 2 is 1.72 bits per heavy atom. The molecular formula is C22H25N3O4. The van der Waals surface area contributed by atoms with Crippen LogP contribution in [0.5, 0.6) is 0 Å². The van der Waals surface area contributed by atoms with Gasteiger partial charge in [0.05, 0.1) is 19.8 Å². The quantitative estimate of drug-likeness (QED) is 0.555. The molecule has 0 spiro atoms. The van der Waals surface area contributed by atoms with Gasteiger partial charge in [-0.15, -0.1) is 0 Å². The fourth-order valence-electron chi connectivity index (χ4n) is 3.16. The van der Waals surface area contributed by atoms with Crippen molar-refractivity contribution in [3.63, 3.8) is 0 Å². The highest BCUT2D eigenvalue weighted by Gasteiger charge is 2.21. The molecular weight excluding hydrogens is 370 g/mol. The molecule has 2 heterocycles. The zero-order valence-corrected chi connectivity index (χ0v) is 16.7. The Morgan fingerprint density at radius 3 is 2.38 bits per heavy atom. The number of ether oxygens (including phenoxy) is 2. The average molecular weight is 395 g/mol. The Labute approximate surface area is 169 Å². The van der Waals surface area contributed by atoms with E-state index in [1.165, 1.54) is 0 Å². The fourth-order valence-corrected chi connectivity index (χ4v) is 3.16. The number of aromatic nitrogens is 2. The van der Waals surface area contributed by atoms with E-state index in [9.17, 15) is 9.59 Å². The minimum absolute atomic E-state index is 0.119. The predicted octanol–water partition coefficient (Wildman–Crippen LogP) is 2.18. The highest BCUT2D eigenvalue weighted by molar-refractivity contribution is 5.97. The van der Waals surface area contributed by atoms with Crippen molar-refractivity contribution in [2.75, 3.05) is 40.5 Å². The lowest BCUT2D eigenvalue weighted by Crippen LogP contribution is -2.40. The van der Waals surface area contributed by atoms with E-state index in [0.29, 0.717) is 38.5 Å². The van der Waals surface area contributed by atoms with Gasteiger partial charge in [0, 0.05) is 38.9 Å². The van der Waals surface area contributed by atoms with Gasteiger partial charge in [-0.1, -0.05) is 30.3 Å². The Kier molecular flexibility index (Phi) is 7.10.